The number of hydrogen-bond acceptors (Lipinski definition) is 5. The van der Waals surface area contributed by atoms with Gasteiger partial charge in [0.15, 0.2) is 11.6 Å². The van der Waals surface area contributed by atoms with Crippen LogP contribution in [0.25, 0.3) is 11.1 Å². The number of rotatable bonds is 8. The first-order chi connectivity index (χ1) is 15.1. The van der Waals surface area contributed by atoms with Crippen LogP contribution < -0.4 is 20.3 Å². The summed E-state index contributed by atoms with van der Waals surface area (Å²) in [6.45, 7) is 5.01. The summed E-state index contributed by atoms with van der Waals surface area (Å²) in [6, 6.07) is 11.3. The number of hydrogen-bond donors (Lipinski definition) is 2. The average molecular weight is 458 g/mol. The molecule has 0 aliphatic heterocycles. The van der Waals surface area contributed by atoms with Crippen LogP contribution in [0.3, 0.4) is 0 Å². The Bertz CT molecular complexity index is 1330. The molecular formula is C23H24FN3O4S. The fourth-order valence-corrected chi connectivity index (χ4v) is 3.68. The van der Waals surface area contributed by atoms with E-state index in [0.717, 1.165) is 11.0 Å². The van der Waals surface area contributed by atoms with Crippen LogP contribution in [0.5, 0.6) is 11.5 Å². The Balaban J connectivity index is 2.19. The van der Waals surface area contributed by atoms with E-state index in [2.05, 4.69) is 16.6 Å². The van der Waals surface area contributed by atoms with Gasteiger partial charge in [0.2, 0.25) is 10.0 Å². The molecule has 2 N–H and O–H groups in total. The van der Waals surface area contributed by atoms with Gasteiger partial charge in [-0.2, -0.15) is 0 Å². The minimum absolute atomic E-state index is 0.0272. The lowest BCUT2D eigenvalue weighted by molar-refractivity contribution is 0.443. The Kier molecular flexibility index (Phi) is 6.81. The molecule has 0 radical (unpaired) electrons. The zero-order chi connectivity index (χ0) is 23.5. The standard InChI is InChI=1S/C23H24FN3O4S/c1-5-32(29,30)26-13-16-7-6-8-21(31-20-10-9-15(2)11-18(20)24)22(16)17-12-19(25-3)23(28)27(4)14-17/h5-12,14,25-26H,1,13H2,2-4H3. The second-order valence-corrected chi connectivity index (χ2v) is 8.88. The van der Waals surface area contributed by atoms with Crippen molar-refractivity contribution in [1.82, 2.24) is 9.29 Å². The quantitative estimate of drug-likeness (QED) is 0.536. The Morgan fingerprint density at radius 3 is 2.59 bits per heavy atom. The maximum atomic E-state index is 14.5. The number of benzene rings is 2. The van der Waals surface area contributed by atoms with Crippen LogP contribution >= 0.6 is 0 Å². The van der Waals surface area contributed by atoms with E-state index < -0.39 is 15.8 Å². The van der Waals surface area contributed by atoms with Crippen LogP contribution in [-0.2, 0) is 23.6 Å². The number of halogens is 1. The van der Waals surface area contributed by atoms with Crippen LogP contribution in [0.1, 0.15) is 11.1 Å². The topological polar surface area (TPSA) is 89.4 Å². The Morgan fingerprint density at radius 1 is 1.19 bits per heavy atom. The first-order valence-electron chi connectivity index (χ1n) is 9.72. The molecule has 0 fully saturated rings. The molecule has 168 valence electrons. The van der Waals surface area contributed by atoms with Crippen molar-refractivity contribution in [3.8, 4) is 22.6 Å². The monoisotopic (exact) mass is 457 g/mol. The Morgan fingerprint density at radius 2 is 1.94 bits per heavy atom. The molecule has 0 aliphatic rings. The van der Waals surface area contributed by atoms with Gasteiger partial charge in [0.1, 0.15) is 11.4 Å². The number of aryl methyl sites for hydroxylation is 2. The van der Waals surface area contributed by atoms with Crippen molar-refractivity contribution in [2.45, 2.75) is 13.5 Å². The summed E-state index contributed by atoms with van der Waals surface area (Å²) in [6.07, 6.45) is 1.61. The van der Waals surface area contributed by atoms with E-state index in [1.165, 1.54) is 16.7 Å². The fraction of sp³-hybridized carbons (Fsp3) is 0.174. The third-order valence-electron chi connectivity index (χ3n) is 4.84. The SMILES string of the molecule is C=CS(=O)(=O)NCc1cccc(Oc2ccc(C)cc2F)c1-c1cc(NC)c(=O)n(C)c1. The van der Waals surface area contributed by atoms with Crippen molar-refractivity contribution in [1.29, 1.82) is 0 Å². The molecule has 3 rings (SSSR count). The number of nitrogens with one attached hydrogen (secondary N) is 2. The van der Waals surface area contributed by atoms with Gasteiger partial charge in [0.05, 0.1) is 0 Å². The maximum absolute atomic E-state index is 14.5. The lowest BCUT2D eigenvalue weighted by Gasteiger charge is -2.18. The predicted molar refractivity (Wildman–Crippen MR) is 124 cm³/mol. The largest absolute Gasteiger partial charge is 0.454 e. The van der Waals surface area contributed by atoms with Crippen molar-refractivity contribution < 1.29 is 17.5 Å². The highest BCUT2D eigenvalue weighted by molar-refractivity contribution is 7.92. The zero-order valence-corrected chi connectivity index (χ0v) is 18.8. The fourth-order valence-electron chi connectivity index (χ4n) is 3.21. The normalized spacial score (nSPS) is 11.2. The molecule has 32 heavy (non-hydrogen) atoms. The van der Waals surface area contributed by atoms with Gasteiger partial charge in [-0.25, -0.2) is 17.5 Å². The summed E-state index contributed by atoms with van der Waals surface area (Å²) in [7, 11) is -0.446. The van der Waals surface area contributed by atoms with Gasteiger partial charge in [-0.05, 0) is 42.3 Å². The molecule has 0 bridgehead atoms. The van der Waals surface area contributed by atoms with Crippen molar-refractivity contribution >= 4 is 15.7 Å². The number of nitrogens with zero attached hydrogens (tertiary/aromatic N) is 1. The van der Waals surface area contributed by atoms with Crippen molar-refractivity contribution in [3.05, 3.63) is 87.9 Å². The summed E-state index contributed by atoms with van der Waals surface area (Å²) in [5.41, 5.74) is 2.55. The minimum Gasteiger partial charge on any atom is -0.454 e. The lowest BCUT2D eigenvalue weighted by atomic mass is 9.99. The van der Waals surface area contributed by atoms with Gasteiger partial charge in [-0.1, -0.05) is 24.8 Å². The predicted octanol–water partition coefficient (Wildman–Crippen LogP) is 3.90. The molecule has 0 spiro atoms. The maximum Gasteiger partial charge on any atom is 0.273 e. The number of aromatic nitrogens is 1. The molecule has 0 unspecified atom stereocenters. The zero-order valence-electron chi connectivity index (χ0n) is 18.0. The molecule has 2 aromatic carbocycles. The molecule has 0 saturated carbocycles. The summed E-state index contributed by atoms with van der Waals surface area (Å²) in [5, 5.41) is 3.68. The van der Waals surface area contributed by atoms with Gasteiger partial charge in [0, 0.05) is 43.4 Å². The Labute approximate surface area is 186 Å². The van der Waals surface area contributed by atoms with Crippen molar-refractivity contribution in [2.24, 2.45) is 7.05 Å². The molecule has 0 atom stereocenters. The Hall–Kier alpha value is -3.43. The van der Waals surface area contributed by atoms with Gasteiger partial charge in [-0.3, -0.25) is 4.79 Å². The highest BCUT2D eigenvalue weighted by Crippen LogP contribution is 2.37. The van der Waals surface area contributed by atoms with Crippen LogP contribution in [0.2, 0.25) is 0 Å². The van der Waals surface area contributed by atoms with E-state index >= 15 is 0 Å². The third-order valence-corrected chi connectivity index (χ3v) is 5.83. The van der Waals surface area contributed by atoms with E-state index in [9.17, 15) is 17.6 Å². The molecule has 1 aromatic heterocycles. The average Bonchev–Trinajstić information content (AvgIpc) is 2.76. The molecule has 0 aliphatic carbocycles. The van der Waals surface area contributed by atoms with Crippen LogP contribution in [-0.4, -0.2) is 20.0 Å². The molecule has 1 heterocycles. The number of anilines is 1. The van der Waals surface area contributed by atoms with E-state index in [0.29, 0.717) is 28.1 Å². The minimum atomic E-state index is -3.68. The molecule has 0 saturated heterocycles. The van der Waals surface area contributed by atoms with Gasteiger partial charge >= 0.3 is 0 Å². The summed E-state index contributed by atoms with van der Waals surface area (Å²) in [4.78, 5) is 12.3. The highest BCUT2D eigenvalue weighted by atomic mass is 32.2. The van der Waals surface area contributed by atoms with Crippen LogP contribution in [0.15, 0.2) is 65.4 Å². The first kappa shape index (κ1) is 23.2. The molecule has 0 amide bonds. The lowest BCUT2D eigenvalue weighted by Crippen LogP contribution is -2.21. The number of ether oxygens (including phenoxy) is 1. The highest BCUT2D eigenvalue weighted by Gasteiger charge is 2.18. The number of sulfonamides is 1. The van der Waals surface area contributed by atoms with Gasteiger partial charge in [0.25, 0.3) is 5.56 Å². The number of pyridine rings is 1. The van der Waals surface area contributed by atoms with E-state index in [-0.39, 0.29) is 17.9 Å². The van der Waals surface area contributed by atoms with Crippen LogP contribution in [0.4, 0.5) is 10.1 Å². The molecule has 7 nitrogen and oxygen atoms in total. The van der Waals surface area contributed by atoms with Crippen molar-refractivity contribution in [2.75, 3.05) is 12.4 Å². The van der Waals surface area contributed by atoms with E-state index in [1.807, 2.05) is 0 Å². The van der Waals surface area contributed by atoms with Crippen molar-refractivity contribution in [3.63, 3.8) is 0 Å². The van der Waals surface area contributed by atoms with E-state index in [1.54, 1.807) is 57.5 Å². The van der Waals surface area contributed by atoms with E-state index in [4.69, 9.17) is 4.74 Å². The second-order valence-electron chi connectivity index (χ2n) is 7.17. The second kappa shape index (κ2) is 9.37. The molecule has 9 heteroatoms. The summed E-state index contributed by atoms with van der Waals surface area (Å²) in [5.74, 6) is -0.187. The molecular weight excluding hydrogens is 433 g/mol. The van der Waals surface area contributed by atoms with Gasteiger partial charge in [-0.15, -0.1) is 0 Å². The van der Waals surface area contributed by atoms with Gasteiger partial charge < -0.3 is 14.6 Å². The third kappa shape index (κ3) is 5.06. The smallest absolute Gasteiger partial charge is 0.273 e. The molecule has 3 aromatic rings. The summed E-state index contributed by atoms with van der Waals surface area (Å²) >= 11 is 0. The van der Waals surface area contributed by atoms with Crippen LogP contribution in [0, 0.1) is 12.7 Å². The first-order valence-corrected chi connectivity index (χ1v) is 11.3. The summed E-state index contributed by atoms with van der Waals surface area (Å²) < 4.78 is 48.0.